The molecule has 2 aliphatic carbocycles. The topological polar surface area (TPSA) is 92.7 Å². The van der Waals surface area contributed by atoms with Gasteiger partial charge in [-0.1, -0.05) is 128 Å². The van der Waals surface area contributed by atoms with Crippen LogP contribution >= 0.6 is 0 Å². The third kappa shape index (κ3) is 10.7. The number of carbonyl (C=O) groups is 1. The maximum Gasteiger partial charge on any atom is 0.338 e. The Kier molecular flexibility index (Phi) is 14.0. The molecule has 2 aromatic rings. The molecule has 2 N–H and O–H groups in total. The van der Waals surface area contributed by atoms with Crippen LogP contribution in [0.5, 0.6) is 5.75 Å². The van der Waals surface area contributed by atoms with Crippen molar-refractivity contribution >= 4 is 21.7 Å². The Morgan fingerprint density at radius 1 is 0.733 bits per heavy atom. The van der Waals surface area contributed by atoms with Crippen LogP contribution < -0.4 is 9.46 Å². The zero-order valence-corrected chi connectivity index (χ0v) is 28.0. The summed E-state index contributed by atoms with van der Waals surface area (Å²) in [5, 5.41) is 9.18. The van der Waals surface area contributed by atoms with Crippen LogP contribution in [0, 0.1) is 17.7 Å². The molecule has 2 atom stereocenters. The summed E-state index contributed by atoms with van der Waals surface area (Å²) < 4.78 is 48.2. The number of halogens is 1. The first-order valence-electron chi connectivity index (χ1n) is 17.5. The lowest BCUT2D eigenvalue weighted by Crippen LogP contribution is -2.16. The predicted molar refractivity (Wildman–Crippen MR) is 179 cm³/mol. The number of hydrogen-bond donors (Lipinski definition) is 2. The van der Waals surface area contributed by atoms with Crippen LogP contribution in [0.25, 0.3) is 0 Å². The van der Waals surface area contributed by atoms with Gasteiger partial charge in [-0.25, -0.2) is 17.6 Å². The summed E-state index contributed by atoms with van der Waals surface area (Å²) in [6, 6.07) is 8.86. The van der Waals surface area contributed by atoms with Gasteiger partial charge in [-0.2, -0.15) is 0 Å². The van der Waals surface area contributed by atoms with Crippen molar-refractivity contribution in [3.63, 3.8) is 0 Å². The van der Waals surface area contributed by atoms with Gasteiger partial charge < -0.3 is 9.84 Å². The van der Waals surface area contributed by atoms with Crippen molar-refractivity contribution in [3.8, 4) is 5.75 Å². The minimum absolute atomic E-state index is 0.0626. The molecule has 0 aliphatic heterocycles. The van der Waals surface area contributed by atoms with E-state index in [2.05, 4.69) is 4.72 Å². The Labute approximate surface area is 270 Å². The molecule has 0 amide bonds. The minimum atomic E-state index is -4.05. The van der Waals surface area contributed by atoms with Crippen molar-refractivity contribution in [2.24, 2.45) is 11.8 Å². The molecule has 0 heterocycles. The molecule has 250 valence electrons. The first-order chi connectivity index (χ1) is 21.8. The van der Waals surface area contributed by atoms with Gasteiger partial charge in [0.05, 0.1) is 23.3 Å². The van der Waals surface area contributed by atoms with Gasteiger partial charge in [0.15, 0.2) is 0 Å². The quantitative estimate of drug-likeness (QED) is 0.313. The van der Waals surface area contributed by atoms with E-state index in [0.717, 1.165) is 36.8 Å². The normalized spacial score (nSPS) is 22.3. The first-order valence-corrected chi connectivity index (χ1v) is 19.0. The van der Waals surface area contributed by atoms with E-state index in [-0.39, 0.29) is 16.3 Å². The fourth-order valence-electron chi connectivity index (χ4n) is 7.62. The number of ether oxygens (including phenoxy) is 1. The van der Waals surface area contributed by atoms with Crippen LogP contribution in [0.1, 0.15) is 150 Å². The lowest BCUT2D eigenvalue weighted by molar-refractivity contribution is 0.0691. The Morgan fingerprint density at radius 2 is 1.18 bits per heavy atom. The second-order valence-corrected chi connectivity index (χ2v) is 15.1. The van der Waals surface area contributed by atoms with E-state index in [9.17, 15) is 22.7 Å². The fourth-order valence-corrected chi connectivity index (χ4v) is 8.68. The van der Waals surface area contributed by atoms with Gasteiger partial charge in [0, 0.05) is 6.07 Å². The number of anilines is 1. The molecule has 0 spiro atoms. The molecule has 0 aromatic heterocycles. The SMILES string of the molecule is COc1cc(C(=O)O)c(F)cc1NS(=O)(=O)c1ccc(C2CCCCCC(C3CCCCCCCCCCC3)CCCC2)cc1. The van der Waals surface area contributed by atoms with Gasteiger partial charge in [0.25, 0.3) is 10.0 Å². The van der Waals surface area contributed by atoms with Gasteiger partial charge in [0.2, 0.25) is 0 Å². The van der Waals surface area contributed by atoms with E-state index in [1.807, 2.05) is 12.1 Å². The second kappa shape index (κ2) is 17.9. The van der Waals surface area contributed by atoms with Crippen LogP contribution in [-0.4, -0.2) is 26.6 Å². The average Bonchev–Trinajstić information content (AvgIpc) is 3.06. The van der Waals surface area contributed by atoms with Gasteiger partial charge in [-0.05, 0) is 54.4 Å². The van der Waals surface area contributed by atoms with E-state index in [1.165, 1.54) is 128 Å². The number of benzene rings is 2. The van der Waals surface area contributed by atoms with E-state index < -0.39 is 27.4 Å². The zero-order chi connectivity index (χ0) is 32.1. The Balaban J connectivity index is 1.37. The first kappa shape index (κ1) is 35.2. The summed E-state index contributed by atoms with van der Waals surface area (Å²) in [5.74, 6) is -0.399. The molecule has 2 unspecified atom stereocenters. The van der Waals surface area contributed by atoms with Gasteiger partial charge >= 0.3 is 5.97 Å². The predicted octanol–water partition coefficient (Wildman–Crippen LogP) is 10.5. The highest BCUT2D eigenvalue weighted by atomic mass is 32.2. The number of aromatic carboxylic acids is 1. The third-order valence-corrected chi connectivity index (χ3v) is 11.6. The summed E-state index contributed by atoms with van der Waals surface area (Å²) in [6.07, 6.45) is 26.8. The van der Waals surface area contributed by atoms with Crippen LogP contribution in [-0.2, 0) is 10.0 Å². The maximum absolute atomic E-state index is 14.3. The number of nitrogens with one attached hydrogen (secondary N) is 1. The number of carboxylic acids is 1. The smallest absolute Gasteiger partial charge is 0.338 e. The summed E-state index contributed by atoms with van der Waals surface area (Å²) in [7, 11) is -2.77. The van der Waals surface area contributed by atoms with Crippen molar-refractivity contribution < 1.29 is 27.4 Å². The van der Waals surface area contributed by atoms with Crippen molar-refractivity contribution in [3.05, 3.63) is 53.3 Å². The van der Waals surface area contributed by atoms with Crippen molar-refractivity contribution in [1.82, 2.24) is 0 Å². The van der Waals surface area contributed by atoms with Crippen molar-refractivity contribution in [1.29, 1.82) is 0 Å². The van der Waals surface area contributed by atoms with Crippen molar-refractivity contribution in [2.75, 3.05) is 11.8 Å². The lowest BCUT2D eigenvalue weighted by atomic mass is 9.78. The molecule has 6 nitrogen and oxygen atoms in total. The van der Waals surface area contributed by atoms with E-state index in [1.54, 1.807) is 12.1 Å². The molecule has 0 saturated heterocycles. The lowest BCUT2D eigenvalue weighted by Gasteiger charge is -2.28. The second-order valence-electron chi connectivity index (χ2n) is 13.4. The molecular weight excluding hydrogens is 589 g/mol. The summed E-state index contributed by atoms with van der Waals surface area (Å²) in [5.41, 5.74) is 0.424. The van der Waals surface area contributed by atoms with E-state index in [4.69, 9.17) is 4.74 Å². The average molecular weight is 644 g/mol. The highest BCUT2D eigenvalue weighted by molar-refractivity contribution is 7.92. The Morgan fingerprint density at radius 3 is 1.69 bits per heavy atom. The molecular formula is C37H54FNO5S. The highest BCUT2D eigenvalue weighted by Crippen LogP contribution is 2.37. The summed E-state index contributed by atoms with van der Waals surface area (Å²) in [6.45, 7) is 0. The number of hydrogen-bond acceptors (Lipinski definition) is 4. The number of methoxy groups -OCH3 is 1. The summed E-state index contributed by atoms with van der Waals surface area (Å²) in [4.78, 5) is 11.3. The molecule has 45 heavy (non-hydrogen) atoms. The number of carboxylic acid groups (broad SMARTS) is 1. The molecule has 2 aliphatic rings. The number of sulfonamides is 1. The summed E-state index contributed by atoms with van der Waals surface area (Å²) >= 11 is 0. The van der Waals surface area contributed by atoms with Crippen molar-refractivity contribution in [2.45, 2.75) is 139 Å². The molecule has 2 aromatic carbocycles. The van der Waals surface area contributed by atoms with Crippen LogP contribution in [0.15, 0.2) is 41.3 Å². The molecule has 4 rings (SSSR count). The van der Waals surface area contributed by atoms with E-state index in [0.29, 0.717) is 5.92 Å². The largest absolute Gasteiger partial charge is 0.495 e. The van der Waals surface area contributed by atoms with Gasteiger partial charge in [-0.3, -0.25) is 4.72 Å². The number of rotatable bonds is 7. The van der Waals surface area contributed by atoms with Gasteiger partial charge in [-0.15, -0.1) is 0 Å². The Bertz CT molecular complexity index is 1300. The highest BCUT2D eigenvalue weighted by Gasteiger charge is 2.24. The van der Waals surface area contributed by atoms with Gasteiger partial charge in [0.1, 0.15) is 11.6 Å². The maximum atomic E-state index is 14.3. The van der Waals surface area contributed by atoms with Crippen LogP contribution in [0.3, 0.4) is 0 Å². The Hall–Kier alpha value is -2.61. The third-order valence-electron chi connectivity index (χ3n) is 10.2. The molecule has 2 saturated carbocycles. The fraction of sp³-hybridized carbons (Fsp3) is 0.649. The monoisotopic (exact) mass is 643 g/mol. The van der Waals surface area contributed by atoms with E-state index >= 15 is 0 Å². The van der Waals surface area contributed by atoms with Crippen LogP contribution in [0.2, 0.25) is 0 Å². The zero-order valence-electron chi connectivity index (χ0n) is 27.2. The molecule has 0 radical (unpaired) electrons. The molecule has 2 fully saturated rings. The standard InChI is InChI=1S/C37H54FNO5S/c1-44-36-26-33(37(40)41)34(38)27-35(36)39-45(42,43)32-24-22-31(23-25-32)30-19-13-9-12-18-29(20-14-15-21-30)28-16-10-7-5-3-2-4-6-8-11-17-28/h22-30,39H,2-21H2,1H3,(H,40,41). The minimum Gasteiger partial charge on any atom is -0.495 e. The molecule has 8 heteroatoms. The molecule has 0 bridgehead atoms. The van der Waals surface area contributed by atoms with Crippen LogP contribution in [0.4, 0.5) is 10.1 Å².